The zero-order chi connectivity index (χ0) is 21.8. The molecule has 7 heteroatoms. The average Bonchev–Trinajstić information content (AvgIpc) is 2.77. The maximum atomic E-state index is 12.9. The first-order chi connectivity index (χ1) is 15.0. The van der Waals surface area contributed by atoms with Crippen LogP contribution in [0.25, 0.3) is 10.8 Å². The Labute approximate surface area is 180 Å². The van der Waals surface area contributed by atoms with E-state index in [1.165, 1.54) is 10.2 Å². The first-order valence-corrected chi connectivity index (χ1v) is 10.3. The number of benzene rings is 2. The van der Waals surface area contributed by atoms with Crippen molar-refractivity contribution in [2.45, 2.75) is 26.8 Å². The van der Waals surface area contributed by atoms with E-state index >= 15 is 0 Å². The van der Waals surface area contributed by atoms with Gasteiger partial charge in [0.2, 0.25) is 0 Å². The smallest absolute Gasteiger partial charge is 0.275 e. The van der Waals surface area contributed by atoms with Gasteiger partial charge in [-0.1, -0.05) is 35.9 Å². The first-order valence-electron chi connectivity index (χ1n) is 10.3. The highest BCUT2D eigenvalue weighted by Gasteiger charge is 2.15. The zero-order valence-electron chi connectivity index (χ0n) is 17.9. The summed E-state index contributed by atoms with van der Waals surface area (Å²) in [4.78, 5) is 21.9. The number of ether oxygens (including phenoxy) is 1. The van der Waals surface area contributed by atoms with Crippen LogP contribution < -0.4 is 15.6 Å². The maximum Gasteiger partial charge on any atom is 0.275 e. The summed E-state index contributed by atoms with van der Waals surface area (Å²) in [5.74, 6) is 2.15. The van der Waals surface area contributed by atoms with Crippen LogP contribution in [-0.2, 0) is 0 Å². The van der Waals surface area contributed by atoms with Crippen molar-refractivity contribution in [2.24, 2.45) is 0 Å². The molecule has 158 valence electrons. The van der Waals surface area contributed by atoms with Crippen LogP contribution in [0.2, 0.25) is 0 Å². The summed E-state index contributed by atoms with van der Waals surface area (Å²) in [6.07, 6.45) is 1.71. The van der Waals surface area contributed by atoms with Gasteiger partial charge in [0.15, 0.2) is 0 Å². The maximum absolute atomic E-state index is 12.9. The minimum absolute atomic E-state index is 0.136. The normalized spacial score (nSPS) is 12.0. The molecule has 4 aromatic rings. The van der Waals surface area contributed by atoms with E-state index in [4.69, 9.17) is 4.74 Å². The summed E-state index contributed by atoms with van der Waals surface area (Å²) >= 11 is 0. The van der Waals surface area contributed by atoms with Crippen molar-refractivity contribution < 1.29 is 4.74 Å². The third-order valence-electron chi connectivity index (χ3n) is 5.07. The quantitative estimate of drug-likeness (QED) is 0.461. The van der Waals surface area contributed by atoms with Crippen LogP contribution in [0.5, 0.6) is 5.75 Å². The number of anilines is 1. The van der Waals surface area contributed by atoms with Gasteiger partial charge in [0.25, 0.3) is 5.56 Å². The summed E-state index contributed by atoms with van der Waals surface area (Å²) in [5.41, 5.74) is 1.78. The van der Waals surface area contributed by atoms with E-state index in [-0.39, 0.29) is 11.6 Å². The van der Waals surface area contributed by atoms with E-state index < -0.39 is 0 Å². The van der Waals surface area contributed by atoms with Gasteiger partial charge >= 0.3 is 0 Å². The fourth-order valence-corrected chi connectivity index (χ4v) is 3.38. The standard InChI is InChI=1S/C24H25N5O2/c1-16-8-10-20(11-9-16)31-13-12-25-23-14-22(27-18(3)28-23)17(2)29-24(30)21-7-5-4-6-19(21)15-26-29/h4-11,14-15,17H,12-13H2,1-3H3,(H,25,27,28)/t17-/m0/s1. The number of nitrogens with one attached hydrogen (secondary N) is 1. The van der Waals surface area contributed by atoms with Crippen molar-refractivity contribution >= 4 is 16.6 Å². The van der Waals surface area contributed by atoms with Gasteiger partial charge in [-0.05, 0) is 39.0 Å². The van der Waals surface area contributed by atoms with Crippen LogP contribution in [0.15, 0.2) is 65.6 Å². The Hall–Kier alpha value is -3.74. The molecule has 7 nitrogen and oxygen atoms in total. The highest BCUT2D eigenvalue weighted by Crippen LogP contribution is 2.18. The second-order valence-electron chi connectivity index (χ2n) is 7.47. The van der Waals surface area contributed by atoms with Crippen molar-refractivity contribution in [3.8, 4) is 5.75 Å². The molecule has 1 atom stereocenters. The number of aryl methyl sites for hydroxylation is 2. The third kappa shape index (κ3) is 4.71. The van der Waals surface area contributed by atoms with Crippen LogP contribution in [0.4, 0.5) is 5.82 Å². The Kier molecular flexibility index (Phi) is 5.93. The second kappa shape index (κ2) is 8.95. The van der Waals surface area contributed by atoms with Crippen LogP contribution in [0.1, 0.15) is 30.0 Å². The Morgan fingerprint density at radius 2 is 1.84 bits per heavy atom. The molecule has 0 saturated heterocycles. The summed E-state index contributed by atoms with van der Waals surface area (Å²) in [7, 11) is 0. The van der Waals surface area contributed by atoms with Gasteiger partial charge in [0, 0.05) is 11.5 Å². The molecule has 0 radical (unpaired) electrons. The van der Waals surface area contributed by atoms with Crippen molar-refractivity contribution in [3.05, 3.63) is 88.2 Å². The first kappa shape index (κ1) is 20.5. The van der Waals surface area contributed by atoms with Gasteiger partial charge in [0.05, 0.1) is 29.9 Å². The van der Waals surface area contributed by atoms with E-state index in [0.717, 1.165) is 16.8 Å². The lowest BCUT2D eigenvalue weighted by molar-refractivity contribution is 0.332. The van der Waals surface area contributed by atoms with Gasteiger partial charge < -0.3 is 10.1 Å². The number of hydrogen-bond donors (Lipinski definition) is 1. The molecular weight excluding hydrogens is 390 g/mol. The third-order valence-corrected chi connectivity index (χ3v) is 5.07. The highest BCUT2D eigenvalue weighted by atomic mass is 16.5. The number of rotatable bonds is 7. The van der Waals surface area contributed by atoms with E-state index in [2.05, 4.69) is 20.4 Å². The fraction of sp³-hybridized carbons (Fsp3) is 0.250. The van der Waals surface area contributed by atoms with Crippen molar-refractivity contribution in [1.82, 2.24) is 19.7 Å². The summed E-state index contributed by atoms with van der Waals surface area (Å²) in [6.45, 7) is 6.88. The van der Waals surface area contributed by atoms with Crippen LogP contribution >= 0.6 is 0 Å². The molecule has 0 aliphatic rings. The number of nitrogens with zero attached hydrogens (tertiary/aromatic N) is 4. The fourth-order valence-electron chi connectivity index (χ4n) is 3.38. The Morgan fingerprint density at radius 1 is 1.06 bits per heavy atom. The van der Waals surface area contributed by atoms with Crippen LogP contribution in [0, 0.1) is 13.8 Å². The van der Waals surface area contributed by atoms with Gasteiger partial charge in [0.1, 0.15) is 24.0 Å². The van der Waals surface area contributed by atoms with Crippen molar-refractivity contribution in [2.75, 3.05) is 18.5 Å². The minimum atomic E-state index is -0.330. The molecule has 0 aliphatic heterocycles. The lowest BCUT2D eigenvalue weighted by Gasteiger charge is -2.16. The highest BCUT2D eigenvalue weighted by molar-refractivity contribution is 5.80. The van der Waals surface area contributed by atoms with Gasteiger partial charge in [-0.25, -0.2) is 14.6 Å². The van der Waals surface area contributed by atoms with Crippen LogP contribution in [0.3, 0.4) is 0 Å². The van der Waals surface area contributed by atoms with E-state index in [9.17, 15) is 4.79 Å². The Bertz CT molecular complexity index is 1250. The molecule has 31 heavy (non-hydrogen) atoms. The molecule has 0 fully saturated rings. The molecule has 0 spiro atoms. The van der Waals surface area contributed by atoms with Crippen molar-refractivity contribution in [3.63, 3.8) is 0 Å². The van der Waals surface area contributed by atoms with E-state index in [1.54, 1.807) is 6.20 Å². The van der Waals surface area contributed by atoms with E-state index in [0.29, 0.717) is 30.2 Å². The topological polar surface area (TPSA) is 81.9 Å². The Balaban J connectivity index is 1.47. The summed E-state index contributed by atoms with van der Waals surface area (Å²) in [5, 5.41) is 9.10. The van der Waals surface area contributed by atoms with Gasteiger partial charge in [-0.15, -0.1) is 0 Å². The van der Waals surface area contributed by atoms with Crippen LogP contribution in [-0.4, -0.2) is 32.9 Å². The SMILES string of the molecule is Cc1ccc(OCCNc2cc([C@H](C)n3ncc4ccccc4c3=O)nc(C)n2)cc1. The largest absolute Gasteiger partial charge is 0.492 e. The summed E-state index contributed by atoms with van der Waals surface area (Å²) < 4.78 is 7.22. The molecular formula is C24H25N5O2. The zero-order valence-corrected chi connectivity index (χ0v) is 17.9. The molecule has 0 bridgehead atoms. The van der Waals surface area contributed by atoms with Gasteiger partial charge in [-0.2, -0.15) is 5.10 Å². The molecule has 4 rings (SSSR count). The minimum Gasteiger partial charge on any atom is -0.492 e. The predicted octanol–water partition coefficient (Wildman–Crippen LogP) is 3.90. The summed E-state index contributed by atoms with van der Waals surface area (Å²) in [6, 6.07) is 16.9. The number of fused-ring (bicyclic) bond motifs is 1. The second-order valence-corrected chi connectivity index (χ2v) is 7.47. The lowest BCUT2D eigenvalue weighted by Crippen LogP contribution is -2.27. The molecule has 0 saturated carbocycles. The number of hydrogen-bond acceptors (Lipinski definition) is 6. The molecule has 2 aromatic heterocycles. The molecule has 0 amide bonds. The predicted molar refractivity (Wildman–Crippen MR) is 122 cm³/mol. The molecule has 2 aromatic carbocycles. The monoisotopic (exact) mass is 415 g/mol. The van der Waals surface area contributed by atoms with Gasteiger partial charge in [-0.3, -0.25) is 4.79 Å². The molecule has 1 N–H and O–H groups in total. The molecule has 0 aliphatic carbocycles. The average molecular weight is 415 g/mol. The van der Waals surface area contributed by atoms with Crippen molar-refractivity contribution in [1.29, 1.82) is 0 Å². The Morgan fingerprint density at radius 3 is 2.65 bits per heavy atom. The lowest BCUT2D eigenvalue weighted by atomic mass is 10.2. The molecule has 0 unspecified atom stereocenters. The van der Waals surface area contributed by atoms with E-state index in [1.807, 2.05) is 75.4 Å². The molecule has 2 heterocycles. The number of aromatic nitrogens is 4.